The van der Waals surface area contributed by atoms with E-state index in [-0.39, 0.29) is 18.1 Å². The average Bonchev–Trinajstić information content (AvgIpc) is 2.40. The second kappa shape index (κ2) is 5.87. The quantitative estimate of drug-likeness (QED) is 0.886. The second-order valence-corrected chi connectivity index (χ2v) is 4.76. The van der Waals surface area contributed by atoms with Crippen molar-refractivity contribution in [1.82, 2.24) is 4.90 Å². The molecule has 1 aromatic rings. The second-order valence-electron chi connectivity index (χ2n) is 4.76. The average molecular weight is 248 g/mol. The van der Waals surface area contributed by atoms with Gasteiger partial charge in [-0.25, -0.2) is 0 Å². The Balaban J connectivity index is 1.87. The van der Waals surface area contributed by atoms with Crippen LogP contribution in [0.4, 0.5) is 5.69 Å². The van der Waals surface area contributed by atoms with Gasteiger partial charge < -0.3 is 15.0 Å². The summed E-state index contributed by atoms with van der Waals surface area (Å²) in [6.45, 7) is 5.65. The highest BCUT2D eigenvalue weighted by atomic mass is 16.5. The molecule has 1 N–H and O–H groups in total. The number of para-hydroxylation sites is 1. The maximum absolute atomic E-state index is 12.1. The monoisotopic (exact) mass is 248 g/mol. The standard InChI is InChI=1S/C14H20N2O2/c1-11-10-18-12(2)9-16(11)14(17)8-15-13-6-4-3-5-7-13/h3-7,11-12,15H,8-10H2,1-2H3. The maximum atomic E-state index is 12.1. The zero-order valence-electron chi connectivity index (χ0n) is 10.9. The Labute approximate surface area is 108 Å². The first-order valence-electron chi connectivity index (χ1n) is 6.37. The first-order chi connectivity index (χ1) is 8.66. The van der Waals surface area contributed by atoms with E-state index in [1.54, 1.807) is 0 Å². The van der Waals surface area contributed by atoms with Crippen molar-refractivity contribution in [3.8, 4) is 0 Å². The Hall–Kier alpha value is -1.55. The topological polar surface area (TPSA) is 41.6 Å². The van der Waals surface area contributed by atoms with E-state index >= 15 is 0 Å². The maximum Gasteiger partial charge on any atom is 0.242 e. The minimum atomic E-state index is 0.126. The van der Waals surface area contributed by atoms with Crippen LogP contribution in [-0.4, -0.2) is 42.6 Å². The van der Waals surface area contributed by atoms with Crippen molar-refractivity contribution in [2.24, 2.45) is 0 Å². The Kier molecular flexibility index (Phi) is 4.20. The molecule has 1 amide bonds. The lowest BCUT2D eigenvalue weighted by Crippen LogP contribution is -2.51. The number of anilines is 1. The molecule has 1 fully saturated rings. The number of amides is 1. The van der Waals surface area contributed by atoms with Crippen LogP contribution in [0.3, 0.4) is 0 Å². The molecule has 18 heavy (non-hydrogen) atoms. The van der Waals surface area contributed by atoms with E-state index in [9.17, 15) is 4.79 Å². The van der Waals surface area contributed by atoms with E-state index in [1.165, 1.54) is 0 Å². The fourth-order valence-corrected chi connectivity index (χ4v) is 2.09. The van der Waals surface area contributed by atoms with Crippen molar-refractivity contribution in [2.75, 3.05) is 25.0 Å². The Morgan fingerprint density at radius 3 is 2.83 bits per heavy atom. The van der Waals surface area contributed by atoms with E-state index in [1.807, 2.05) is 49.1 Å². The first kappa shape index (κ1) is 12.9. The molecule has 0 saturated carbocycles. The fourth-order valence-electron chi connectivity index (χ4n) is 2.09. The van der Waals surface area contributed by atoms with E-state index < -0.39 is 0 Å². The molecule has 1 saturated heterocycles. The predicted octanol–water partition coefficient (Wildman–Crippen LogP) is 1.73. The summed E-state index contributed by atoms with van der Waals surface area (Å²) in [7, 11) is 0. The number of benzene rings is 1. The molecule has 4 heteroatoms. The van der Waals surface area contributed by atoms with Gasteiger partial charge in [0.2, 0.25) is 5.91 Å². The predicted molar refractivity (Wildman–Crippen MR) is 71.5 cm³/mol. The molecule has 1 aromatic carbocycles. The van der Waals surface area contributed by atoms with Crippen LogP contribution in [0.5, 0.6) is 0 Å². The molecule has 0 spiro atoms. The SMILES string of the molecule is CC1CN(C(=O)CNc2ccccc2)C(C)CO1. The number of nitrogens with one attached hydrogen (secondary N) is 1. The summed E-state index contributed by atoms with van der Waals surface area (Å²) in [4.78, 5) is 14.0. The molecule has 2 atom stereocenters. The smallest absolute Gasteiger partial charge is 0.242 e. The van der Waals surface area contributed by atoms with E-state index in [0.717, 1.165) is 5.69 Å². The molecule has 98 valence electrons. The first-order valence-corrected chi connectivity index (χ1v) is 6.37. The largest absolute Gasteiger partial charge is 0.376 e. The van der Waals surface area contributed by atoms with Crippen molar-refractivity contribution in [2.45, 2.75) is 26.0 Å². The molecule has 1 aliphatic heterocycles. The zero-order chi connectivity index (χ0) is 13.0. The van der Waals surface area contributed by atoms with Gasteiger partial charge in [-0.3, -0.25) is 4.79 Å². The van der Waals surface area contributed by atoms with Crippen molar-refractivity contribution in [3.05, 3.63) is 30.3 Å². The molecule has 0 aliphatic carbocycles. The lowest BCUT2D eigenvalue weighted by atomic mass is 10.2. The molecule has 0 radical (unpaired) electrons. The third kappa shape index (κ3) is 3.23. The number of hydrogen-bond acceptors (Lipinski definition) is 3. The molecular weight excluding hydrogens is 228 g/mol. The highest BCUT2D eigenvalue weighted by Gasteiger charge is 2.26. The lowest BCUT2D eigenvalue weighted by molar-refractivity contribution is -0.141. The summed E-state index contributed by atoms with van der Waals surface area (Å²) in [6.07, 6.45) is 0.127. The van der Waals surface area contributed by atoms with Gasteiger partial charge in [0.1, 0.15) is 0 Å². The van der Waals surface area contributed by atoms with E-state index in [0.29, 0.717) is 19.7 Å². The van der Waals surface area contributed by atoms with Crippen molar-refractivity contribution in [3.63, 3.8) is 0 Å². The van der Waals surface area contributed by atoms with Crippen molar-refractivity contribution in [1.29, 1.82) is 0 Å². The third-order valence-electron chi connectivity index (χ3n) is 3.15. The van der Waals surface area contributed by atoms with Gasteiger partial charge in [0.25, 0.3) is 0 Å². The fraction of sp³-hybridized carbons (Fsp3) is 0.500. The van der Waals surface area contributed by atoms with Crippen LogP contribution >= 0.6 is 0 Å². The summed E-state index contributed by atoms with van der Waals surface area (Å²) in [6, 6.07) is 9.93. The molecule has 1 aliphatic rings. The van der Waals surface area contributed by atoms with E-state index in [2.05, 4.69) is 5.32 Å². The Morgan fingerprint density at radius 2 is 2.11 bits per heavy atom. The number of carbonyl (C=O) groups excluding carboxylic acids is 1. The Bertz CT molecular complexity index is 394. The molecule has 2 rings (SSSR count). The third-order valence-corrected chi connectivity index (χ3v) is 3.15. The molecular formula is C14H20N2O2. The van der Waals surface area contributed by atoms with Gasteiger partial charge in [0.05, 0.1) is 25.3 Å². The van der Waals surface area contributed by atoms with Crippen LogP contribution in [0.15, 0.2) is 30.3 Å². The van der Waals surface area contributed by atoms with Crippen LogP contribution < -0.4 is 5.32 Å². The summed E-state index contributed by atoms with van der Waals surface area (Å²) in [5.74, 6) is 0.126. The molecule has 1 heterocycles. The highest BCUT2D eigenvalue weighted by Crippen LogP contribution is 2.12. The number of carbonyl (C=O) groups is 1. The molecule has 0 aromatic heterocycles. The Morgan fingerprint density at radius 1 is 1.39 bits per heavy atom. The summed E-state index contributed by atoms with van der Waals surface area (Å²) < 4.78 is 5.52. The minimum Gasteiger partial charge on any atom is -0.376 e. The molecule has 2 unspecified atom stereocenters. The molecule has 4 nitrogen and oxygen atoms in total. The van der Waals surface area contributed by atoms with Crippen LogP contribution in [-0.2, 0) is 9.53 Å². The van der Waals surface area contributed by atoms with Gasteiger partial charge in [0, 0.05) is 12.2 Å². The van der Waals surface area contributed by atoms with Gasteiger partial charge in [-0.05, 0) is 26.0 Å². The van der Waals surface area contributed by atoms with Gasteiger partial charge in [-0.1, -0.05) is 18.2 Å². The van der Waals surface area contributed by atoms with E-state index in [4.69, 9.17) is 4.74 Å². The molecule has 0 bridgehead atoms. The number of rotatable bonds is 3. The van der Waals surface area contributed by atoms with Crippen molar-refractivity contribution < 1.29 is 9.53 Å². The van der Waals surface area contributed by atoms with Crippen LogP contribution in [0.1, 0.15) is 13.8 Å². The minimum absolute atomic E-state index is 0.126. The lowest BCUT2D eigenvalue weighted by Gasteiger charge is -2.36. The number of nitrogens with zero attached hydrogens (tertiary/aromatic N) is 1. The van der Waals surface area contributed by atoms with Crippen LogP contribution in [0, 0.1) is 0 Å². The van der Waals surface area contributed by atoms with Crippen molar-refractivity contribution >= 4 is 11.6 Å². The zero-order valence-corrected chi connectivity index (χ0v) is 10.9. The normalized spacial score (nSPS) is 23.8. The summed E-state index contributed by atoms with van der Waals surface area (Å²) in [5, 5.41) is 3.15. The van der Waals surface area contributed by atoms with Crippen LogP contribution in [0.2, 0.25) is 0 Å². The van der Waals surface area contributed by atoms with Gasteiger partial charge >= 0.3 is 0 Å². The van der Waals surface area contributed by atoms with Gasteiger partial charge in [-0.15, -0.1) is 0 Å². The summed E-state index contributed by atoms with van der Waals surface area (Å²) >= 11 is 0. The number of morpholine rings is 1. The summed E-state index contributed by atoms with van der Waals surface area (Å²) in [5.41, 5.74) is 0.972. The van der Waals surface area contributed by atoms with Gasteiger partial charge in [0.15, 0.2) is 0 Å². The number of ether oxygens (including phenoxy) is 1. The highest BCUT2D eigenvalue weighted by molar-refractivity contribution is 5.81. The van der Waals surface area contributed by atoms with Crippen LogP contribution in [0.25, 0.3) is 0 Å². The number of hydrogen-bond donors (Lipinski definition) is 1. The van der Waals surface area contributed by atoms with Gasteiger partial charge in [-0.2, -0.15) is 0 Å².